The van der Waals surface area contributed by atoms with Crippen molar-refractivity contribution in [1.82, 2.24) is 4.90 Å². The molecule has 0 saturated carbocycles. The Morgan fingerprint density at radius 2 is 2.14 bits per heavy atom. The van der Waals surface area contributed by atoms with E-state index in [1.807, 2.05) is 19.1 Å². The molecule has 1 aromatic carbocycles. The summed E-state index contributed by atoms with van der Waals surface area (Å²) in [6.07, 6.45) is 0. The maximum Gasteiger partial charge on any atom is 0.254 e. The highest BCUT2D eigenvalue weighted by Crippen LogP contribution is 2.29. The highest BCUT2D eigenvalue weighted by molar-refractivity contribution is 5.94. The molecule has 1 aliphatic heterocycles. The van der Waals surface area contributed by atoms with E-state index in [9.17, 15) is 9.90 Å². The van der Waals surface area contributed by atoms with Gasteiger partial charge < -0.3 is 20.2 Å². The van der Waals surface area contributed by atoms with E-state index in [1.165, 1.54) is 6.07 Å². The molecule has 5 heteroatoms. The Balaban J connectivity index is 1.78. The second-order valence-corrected chi connectivity index (χ2v) is 5.48. The van der Waals surface area contributed by atoms with Gasteiger partial charge in [-0.1, -0.05) is 6.07 Å². The van der Waals surface area contributed by atoms with Crippen LogP contribution in [0.1, 0.15) is 27.8 Å². The second kappa shape index (κ2) is 5.26. The van der Waals surface area contributed by atoms with Crippen LogP contribution in [0.3, 0.4) is 0 Å². The van der Waals surface area contributed by atoms with Gasteiger partial charge in [-0.05, 0) is 37.3 Å². The Hall–Kier alpha value is -2.27. The fourth-order valence-corrected chi connectivity index (χ4v) is 2.77. The molecule has 0 unspecified atom stereocenters. The zero-order valence-electron chi connectivity index (χ0n) is 11.8. The topological polar surface area (TPSA) is 79.7 Å². The maximum atomic E-state index is 12.5. The first-order chi connectivity index (χ1) is 10.0. The molecule has 1 fully saturated rings. The van der Waals surface area contributed by atoms with Crippen LogP contribution in [0.2, 0.25) is 0 Å². The lowest BCUT2D eigenvalue weighted by Gasteiger charge is -2.16. The van der Waals surface area contributed by atoms with Crippen molar-refractivity contribution in [2.24, 2.45) is 5.73 Å². The highest BCUT2D eigenvalue weighted by atomic mass is 16.3. The van der Waals surface area contributed by atoms with Crippen molar-refractivity contribution in [3.05, 3.63) is 53.5 Å². The van der Waals surface area contributed by atoms with Crippen LogP contribution in [0, 0.1) is 6.92 Å². The van der Waals surface area contributed by atoms with E-state index in [1.54, 1.807) is 23.1 Å². The smallest absolute Gasteiger partial charge is 0.254 e. The van der Waals surface area contributed by atoms with E-state index >= 15 is 0 Å². The van der Waals surface area contributed by atoms with Gasteiger partial charge in [0.1, 0.15) is 17.3 Å². The van der Waals surface area contributed by atoms with Gasteiger partial charge in [-0.3, -0.25) is 4.79 Å². The quantitative estimate of drug-likeness (QED) is 0.883. The summed E-state index contributed by atoms with van der Waals surface area (Å²) >= 11 is 0. The zero-order chi connectivity index (χ0) is 15.0. The number of aromatic hydroxyl groups is 1. The fourth-order valence-electron chi connectivity index (χ4n) is 2.77. The molecule has 21 heavy (non-hydrogen) atoms. The summed E-state index contributed by atoms with van der Waals surface area (Å²) in [6, 6.07) is 10.0. The molecule has 0 aliphatic carbocycles. The molecule has 3 rings (SSSR count). The normalized spacial score (nSPS) is 21.7. The molecule has 5 nitrogen and oxygen atoms in total. The van der Waals surface area contributed by atoms with E-state index in [0.29, 0.717) is 18.7 Å². The van der Waals surface area contributed by atoms with Crippen LogP contribution in [0.5, 0.6) is 5.75 Å². The number of nitrogens with two attached hydrogens (primary N) is 1. The van der Waals surface area contributed by atoms with Crippen LogP contribution in [0.4, 0.5) is 0 Å². The molecular weight excluding hydrogens is 268 g/mol. The van der Waals surface area contributed by atoms with Gasteiger partial charge in [0, 0.05) is 24.7 Å². The molecule has 2 heterocycles. The van der Waals surface area contributed by atoms with E-state index in [0.717, 1.165) is 11.5 Å². The van der Waals surface area contributed by atoms with Gasteiger partial charge in [0.15, 0.2) is 0 Å². The van der Waals surface area contributed by atoms with Crippen LogP contribution in [-0.4, -0.2) is 35.0 Å². The van der Waals surface area contributed by atoms with Gasteiger partial charge in [-0.15, -0.1) is 0 Å². The number of likely N-dealkylation sites (tertiary alicyclic amines) is 1. The lowest BCUT2D eigenvalue weighted by atomic mass is 10.0. The molecule has 1 aromatic heterocycles. The van der Waals surface area contributed by atoms with E-state index in [2.05, 4.69) is 0 Å². The average Bonchev–Trinajstić information content (AvgIpc) is 3.04. The molecule has 0 bridgehead atoms. The van der Waals surface area contributed by atoms with Gasteiger partial charge in [0.05, 0.1) is 5.92 Å². The van der Waals surface area contributed by atoms with E-state index < -0.39 is 0 Å². The van der Waals surface area contributed by atoms with Crippen molar-refractivity contribution in [3.8, 4) is 5.75 Å². The molecule has 1 aliphatic rings. The lowest BCUT2D eigenvalue weighted by molar-refractivity contribution is 0.0788. The number of phenols is 1. The lowest BCUT2D eigenvalue weighted by Crippen LogP contribution is -2.32. The number of hydrogen-bond donors (Lipinski definition) is 2. The van der Waals surface area contributed by atoms with Crippen molar-refractivity contribution >= 4 is 5.91 Å². The van der Waals surface area contributed by atoms with E-state index in [4.69, 9.17) is 10.2 Å². The minimum Gasteiger partial charge on any atom is -0.508 e. The third-order valence-electron chi connectivity index (χ3n) is 3.87. The number of nitrogens with zero attached hydrogens (tertiary/aromatic N) is 1. The highest BCUT2D eigenvalue weighted by Gasteiger charge is 2.36. The SMILES string of the molecule is Cc1ccc([C@@H]2CN(C(=O)c3cccc(O)c3)C[C@H]2N)o1. The molecule has 110 valence electrons. The van der Waals surface area contributed by atoms with Crippen molar-refractivity contribution in [3.63, 3.8) is 0 Å². The van der Waals surface area contributed by atoms with Crippen LogP contribution in [0.25, 0.3) is 0 Å². The summed E-state index contributed by atoms with van der Waals surface area (Å²) < 4.78 is 5.63. The molecule has 0 radical (unpaired) electrons. The molecule has 1 amide bonds. The van der Waals surface area contributed by atoms with Crippen molar-refractivity contribution in [1.29, 1.82) is 0 Å². The molecule has 0 spiro atoms. The summed E-state index contributed by atoms with van der Waals surface area (Å²) in [5, 5.41) is 9.48. The fraction of sp³-hybridized carbons (Fsp3) is 0.312. The number of furan rings is 1. The Labute approximate surface area is 123 Å². The molecule has 1 saturated heterocycles. The molecule has 2 aromatic rings. The molecular formula is C16H18N2O3. The number of rotatable bonds is 2. The minimum atomic E-state index is -0.142. The van der Waals surface area contributed by atoms with Gasteiger partial charge in [0.25, 0.3) is 5.91 Å². The number of carbonyl (C=O) groups is 1. The number of aryl methyl sites for hydroxylation is 1. The summed E-state index contributed by atoms with van der Waals surface area (Å²) in [7, 11) is 0. The minimum absolute atomic E-state index is 0.0139. The molecule has 3 N–H and O–H groups in total. The van der Waals surface area contributed by atoms with Crippen LogP contribution >= 0.6 is 0 Å². The third kappa shape index (κ3) is 2.64. The van der Waals surface area contributed by atoms with Gasteiger partial charge in [0.2, 0.25) is 0 Å². The largest absolute Gasteiger partial charge is 0.508 e. The Morgan fingerprint density at radius 1 is 1.33 bits per heavy atom. The average molecular weight is 286 g/mol. The standard InChI is InChI=1S/C16H18N2O3/c1-10-5-6-15(21-10)13-8-18(9-14(13)17)16(20)11-3-2-4-12(19)7-11/h2-7,13-14,19H,8-9,17H2,1H3/t13-,14-/m1/s1. The number of amides is 1. The number of phenolic OH excluding ortho intramolecular Hbond substituents is 1. The predicted octanol–water partition coefficient (Wildman–Crippen LogP) is 1.86. The van der Waals surface area contributed by atoms with E-state index in [-0.39, 0.29) is 23.6 Å². The Morgan fingerprint density at radius 3 is 2.81 bits per heavy atom. The number of carbonyl (C=O) groups excluding carboxylic acids is 1. The summed E-state index contributed by atoms with van der Waals surface area (Å²) in [5.41, 5.74) is 6.62. The molecule has 2 atom stereocenters. The first-order valence-electron chi connectivity index (χ1n) is 6.95. The van der Waals surface area contributed by atoms with Crippen molar-refractivity contribution in [2.75, 3.05) is 13.1 Å². The first-order valence-corrected chi connectivity index (χ1v) is 6.95. The van der Waals surface area contributed by atoms with Crippen molar-refractivity contribution in [2.45, 2.75) is 18.9 Å². The van der Waals surface area contributed by atoms with Crippen LogP contribution in [-0.2, 0) is 0 Å². The first kappa shape index (κ1) is 13.7. The van der Waals surface area contributed by atoms with Gasteiger partial charge >= 0.3 is 0 Å². The Bertz CT molecular complexity index is 665. The summed E-state index contributed by atoms with van der Waals surface area (Å²) in [5.74, 6) is 1.65. The van der Waals surface area contributed by atoms with Crippen molar-refractivity contribution < 1.29 is 14.3 Å². The summed E-state index contributed by atoms with van der Waals surface area (Å²) in [4.78, 5) is 14.2. The van der Waals surface area contributed by atoms with Crippen LogP contribution in [0.15, 0.2) is 40.8 Å². The Kier molecular flexibility index (Phi) is 3.43. The van der Waals surface area contributed by atoms with Gasteiger partial charge in [-0.25, -0.2) is 0 Å². The third-order valence-corrected chi connectivity index (χ3v) is 3.87. The zero-order valence-corrected chi connectivity index (χ0v) is 11.8. The number of benzene rings is 1. The maximum absolute atomic E-state index is 12.5. The summed E-state index contributed by atoms with van der Waals surface area (Å²) in [6.45, 7) is 2.90. The van der Waals surface area contributed by atoms with Gasteiger partial charge in [-0.2, -0.15) is 0 Å². The van der Waals surface area contributed by atoms with Crippen LogP contribution < -0.4 is 5.73 Å². The monoisotopic (exact) mass is 286 g/mol. The predicted molar refractivity (Wildman–Crippen MR) is 78.2 cm³/mol. The second-order valence-electron chi connectivity index (χ2n) is 5.48. The number of hydrogen-bond acceptors (Lipinski definition) is 4.